The van der Waals surface area contributed by atoms with E-state index in [0.717, 1.165) is 20.8 Å². The molecule has 0 radical (unpaired) electrons. The molecule has 10 heteroatoms. The van der Waals surface area contributed by atoms with Crippen LogP contribution in [0.25, 0.3) is 22.0 Å². The summed E-state index contributed by atoms with van der Waals surface area (Å²) in [5.41, 5.74) is 10.7. The molecule has 0 saturated carbocycles. The molecule has 0 bridgehead atoms. The number of ether oxygens (including phenoxy) is 1. The van der Waals surface area contributed by atoms with Crippen molar-refractivity contribution in [2.24, 2.45) is 5.73 Å². The van der Waals surface area contributed by atoms with Gasteiger partial charge in [-0.15, -0.1) is 0 Å². The molecule has 0 amide bonds. The normalized spacial score (nSPS) is 12.4. The third kappa shape index (κ3) is 5.85. The van der Waals surface area contributed by atoms with E-state index in [9.17, 15) is 23.4 Å². The minimum Gasteiger partial charge on any atom is -0.489 e. The van der Waals surface area contributed by atoms with Crippen molar-refractivity contribution in [3.63, 3.8) is 0 Å². The average Bonchev–Trinajstić information content (AvgIpc) is 3.41. The highest BCUT2D eigenvalue weighted by Gasteiger charge is 2.23. The summed E-state index contributed by atoms with van der Waals surface area (Å²) in [5, 5.41) is 23.7. The molecule has 9 nitrogen and oxygen atoms in total. The van der Waals surface area contributed by atoms with Gasteiger partial charge >= 0.3 is 5.97 Å². The first-order valence-corrected chi connectivity index (χ1v) is 14.3. The average molecular weight is 572 g/mol. The second-order valence-corrected chi connectivity index (χ2v) is 11.5. The van der Waals surface area contributed by atoms with Crippen molar-refractivity contribution in [2.45, 2.75) is 30.9 Å². The first kappa shape index (κ1) is 28.0. The molecule has 1 atom stereocenters. The molecule has 0 spiro atoms. The van der Waals surface area contributed by atoms with Crippen molar-refractivity contribution in [3.8, 4) is 16.9 Å². The van der Waals surface area contributed by atoms with E-state index in [1.54, 1.807) is 54.6 Å². The summed E-state index contributed by atoms with van der Waals surface area (Å²) in [7, 11) is -4.02. The number of fused-ring (bicyclic) bond motifs is 1. The van der Waals surface area contributed by atoms with E-state index in [1.807, 2.05) is 37.3 Å². The Morgan fingerprint density at radius 2 is 1.73 bits per heavy atom. The fraction of sp³-hybridized carbons (Fsp3) is 0.161. The molecular weight excluding hydrogens is 542 g/mol. The zero-order chi connectivity index (χ0) is 29.1. The second kappa shape index (κ2) is 11.5. The summed E-state index contributed by atoms with van der Waals surface area (Å²) in [4.78, 5) is 11.5. The van der Waals surface area contributed by atoms with Gasteiger partial charge in [-0.25, -0.2) is 0 Å². The first-order chi connectivity index (χ1) is 19.7. The maximum absolute atomic E-state index is 13.7. The van der Waals surface area contributed by atoms with Crippen LogP contribution in [0.3, 0.4) is 0 Å². The fourth-order valence-electron chi connectivity index (χ4n) is 4.63. The Bertz CT molecular complexity index is 1830. The lowest BCUT2D eigenvalue weighted by molar-refractivity contribution is -0.136. The number of hydrogen-bond donors (Lipinski definition) is 3. The Morgan fingerprint density at radius 1 is 0.976 bits per heavy atom. The molecular formula is C31H29N3O6S. The van der Waals surface area contributed by atoms with E-state index >= 15 is 0 Å². The number of aliphatic hydroxyl groups is 1. The summed E-state index contributed by atoms with van der Waals surface area (Å²) in [6.07, 6.45) is 1.29. The highest BCUT2D eigenvalue weighted by molar-refractivity contribution is 7.90. The van der Waals surface area contributed by atoms with Crippen LogP contribution >= 0.6 is 0 Å². The van der Waals surface area contributed by atoms with E-state index in [-0.39, 0.29) is 24.5 Å². The summed E-state index contributed by atoms with van der Waals surface area (Å²) < 4.78 is 34.4. The van der Waals surface area contributed by atoms with E-state index in [4.69, 9.17) is 10.5 Å². The van der Waals surface area contributed by atoms with Gasteiger partial charge in [-0.2, -0.15) is 17.6 Å². The van der Waals surface area contributed by atoms with Crippen molar-refractivity contribution >= 4 is 26.9 Å². The number of aryl methyl sites for hydroxylation is 1. The number of carboxylic acid groups (broad SMARTS) is 1. The highest BCUT2D eigenvalue weighted by atomic mass is 32.2. The molecule has 4 aromatic carbocycles. The van der Waals surface area contributed by atoms with Gasteiger partial charge in [0.25, 0.3) is 10.0 Å². The van der Waals surface area contributed by atoms with E-state index in [1.165, 1.54) is 6.20 Å². The summed E-state index contributed by atoms with van der Waals surface area (Å²) in [5.74, 6) is -0.557. The summed E-state index contributed by atoms with van der Waals surface area (Å²) in [6.45, 7) is 1.69. The van der Waals surface area contributed by atoms with Gasteiger partial charge in [0.05, 0.1) is 35.7 Å². The molecule has 41 heavy (non-hydrogen) atoms. The minimum atomic E-state index is -4.02. The second-order valence-electron chi connectivity index (χ2n) is 9.76. The number of aliphatic carboxylic acids is 1. The number of hydrogen-bond acceptors (Lipinski definition) is 7. The Kier molecular flexibility index (Phi) is 7.89. The van der Waals surface area contributed by atoms with Gasteiger partial charge in [-0.1, -0.05) is 54.1 Å². The number of rotatable bonds is 10. The SMILES string of the molecule is Cc1ccc(S(=O)(=O)n2ncc3c(COc4ccccc4CC(=O)O)cc(-c4cccc(C(N)CO)c4)cc32)cc1. The maximum Gasteiger partial charge on any atom is 0.307 e. The highest BCUT2D eigenvalue weighted by Crippen LogP contribution is 2.32. The van der Waals surface area contributed by atoms with Crippen LogP contribution in [0.5, 0.6) is 5.75 Å². The predicted molar refractivity (Wildman–Crippen MR) is 155 cm³/mol. The molecule has 210 valence electrons. The van der Waals surface area contributed by atoms with Crippen molar-refractivity contribution in [3.05, 3.63) is 113 Å². The Labute approximate surface area is 237 Å². The largest absolute Gasteiger partial charge is 0.489 e. The van der Waals surface area contributed by atoms with Crippen LogP contribution in [0.4, 0.5) is 0 Å². The maximum atomic E-state index is 13.7. The predicted octanol–water partition coefficient (Wildman–Crippen LogP) is 4.45. The van der Waals surface area contributed by atoms with Gasteiger partial charge in [0.1, 0.15) is 12.4 Å². The number of benzene rings is 4. The molecule has 5 rings (SSSR count). The van der Waals surface area contributed by atoms with E-state index < -0.39 is 22.0 Å². The first-order valence-electron chi connectivity index (χ1n) is 12.9. The standard InChI is InChI=1S/C31H29N3O6S/c1-20-9-11-26(12-10-20)41(38,39)34-29-15-24(21-6-4-7-22(13-21)28(32)18-35)14-25(27(29)17-33-34)19-40-30-8-3-2-5-23(30)16-31(36)37/h2-15,17,28,35H,16,18-19,32H2,1H3,(H,36,37). The van der Waals surface area contributed by atoms with Gasteiger partial charge in [-0.3, -0.25) is 4.79 Å². The van der Waals surface area contributed by atoms with Crippen molar-refractivity contribution in [1.29, 1.82) is 0 Å². The van der Waals surface area contributed by atoms with Gasteiger partial charge in [-0.05, 0) is 60.0 Å². The molecule has 1 aromatic heterocycles. The van der Waals surface area contributed by atoms with Crippen molar-refractivity contribution in [2.75, 3.05) is 6.61 Å². The van der Waals surface area contributed by atoms with Crippen molar-refractivity contribution in [1.82, 2.24) is 9.19 Å². The van der Waals surface area contributed by atoms with Gasteiger partial charge in [0.2, 0.25) is 0 Å². The molecule has 0 aliphatic heterocycles. The van der Waals surface area contributed by atoms with Crippen LogP contribution in [-0.4, -0.2) is 40.4 Å². The summed E-state index contributed by atoms with van der Waals surface area (Å²) >= 11 is 0. The molecule has 0 aliphatic rings. The lowest BCUT2D eigenvalue weighted by Crippen LogP contribution is -2.14. The quantitative estimate of drug-likeness (QED) is 0.223. The molecule has 0 aliphatic carbocycles. The molecule has 4 N–H and O–H groups in total. The van der Waals surface area contributed by atoms with Gasteiger partial charge in [0, 0.05) is 16.5 Å². The number of aliphatic hydroxyl groups excluding tert-OH is 1. The topological polar surface area (TPSA) is 145 Å². The summed E-state index contributed by atoms with van der Waals surface area (Å²) in [6, 6.07) is 23.9. The number of carbonyl (C=O) groups is 1. The lowest BCUT2D eigenvalue weighted by atomic mass is 9.97. The fourth-order valence-corrected chi connectivity index (χ4v) is 5.89. The van der Waals surface area contributed by atoms with Crippen molar-refractivity contribution < 1.29 is 28.2 Å². The Morgan fingerprint density at radius 3 is 2.46 bits per heavy atom. The van der Waals surface area contributed by atoms with Crippen LogP contribution in [0.2, 0.25) is 0 Å². The Balaban J connectivity index is 1.64. The van der Waals surface area contributed by atoms with Crippen LogP contribution in [-0.2, 0) is 27.8 Å². The molecule has 0 fully saturated rings. The van der Waals surface area contributed by atoms with Crippen LogP contribution in [0.1, 0.15) is 28.3 Å². The lowest BCUT2D eigenvalue weighted by Gasteiger charge is -2.14. The monoisotopic (exact) mass is 571 g/mol. The van der Waals surface area contributed by atoms with Gasteiger partial charge < -0.3 is 20.7 Å². The molecule has 5 aromatic rings. The third-order valence-corrected chi connectivity index (χ3v) is 8.44. The van der Waals surface area contributed by atoms with Gasteiger partial charge in [0.15, 0.2) is 0 Å². The minimum absolute atomic E-state index is 0.0348. The van der Waals surface area contributed by atoms with Crippen LogP contribution in [0.15, 0.2) is 96.0 Å². The zero-order valence-electron chi connectivity index (χ0n) is 22.3. The van der Waals surface area contributed by atoms with Crippen LogP contribution < -0.4 is 10.5 Å². The van der Waals surface area contributed by atoms with E-state index in [0.29, 0.717) is 33.3 Å². The third-order valence-electron chi connectivity index (χ3n) is 6.83. The molecule has 1 heterocycles. The number of carboxylic acids is 1. The number of aromatic nitrogens is 2. The molecule has 1 unspecified atom stereocenters. The zero-order valence-corrected chi connectivity index (χ0v) is 23.1. The molecule has 0 saturated heterocycles. The number of para-hydroxylation sites is 1. The van der Waals surface area contributed by atoms with E-state index in [2.05, 4.69) is 5.10 Å². The number of nitrogens with two attached hydrogens (primary N) is 1. The smallest absolute Gasteiger partial charge is 0.307 e. The van der Waals surface area contributed by atoms with Crippen LogP contribution in [0, 0.1) is 6.92 Å². The number of nitrogens with zero attached hydrogens (tertiary/aromatic N) is 2. The Hall–Kier alpha value is -4.51.